The predicted molar refractivity (Wildman–Crippen MR) is 74.0 cm³/mol. The Morgan fingerprint density at radius 1 is 1.32 bits per heavy atom. The Morgan fingerprint density at radius 2 is 1.84 bits per heavy atom. The van der Waals surface area contributed by atoms with Gasteiger partial charge in [0.05, 0.1) is 12.2 Å². The second-order valence-corrected chi connectivity index (χ2v) is 7.26. The highest BCUT2D eigenvalue weighted by Crippen LogP contribution is 2.15. The third-order valence-corrected chi connectivity index (χ3v) is 4.85. The molecule has 3 unspecified atom stereocenters. The molecule has 1 fully saturated rings. The van der Waals surface area contributed by atoms with Crippen LogP contribution in [0.15, 0.2) is 0 Å². The third-order valence-electron chi connectivity index (χ3n) is 3.27. The lowest BCUT2D eigenvalue weighted by Crippen LogP contribution is -2.54. The van der Waals surface area contributed by atoms with Crippen LogP contribution in [0.3, 0.4) is 0 Å². The first-order chi connectivity index (χ1) is 8.76. The molecule has 1 rings (SSSR count). The summed E-state index contributed by atoms with van der Waals surface area (Å²) in [6, 6.07) is -0.247. The minimum atomic E-state index is -3.52. The van der Waals surface area contributed by atoms with Gasteiger partial charge in [-0.05, 0) is 26.2 Å². The molecule has 0 aromatic rings. The first-order valence-corrected chi connectivity index (χ1v) is 8.24. The second kappa shape index (κ2) is 6.99. The van der Waals surface area contributed by atoms with Crippen LogP contribution in [0.1, 0.15) is 34.1 Å². The van der Waals surface area contributed by atoms with E-state index < -0.39 is 10.2 Å². The lowest BCUT2D eigenvalue weighted by molar-refractivity contribution is -0.0445. The van der Waals surface area contributed by atoms with Gasteiger partial charge in [0, 0.05) is 25.7 Å². The average Bonchev–Trinajstić information content (AvgIpc) is 2.26. The number of hydrogen-bond donors (Lipinski definition) is 2. The van der Waals surface area contributed by atoms with Crippen molar-refractivity contribution in [3.63, 3.8) is 0 Å². The highest BCUT2D eigenvalue weighted by Gasteiger charge is 2.32. The molecule has 7 heteroatoms. The maximum absolute atomic E-state index is 12.3. The number of nitrogens with zero attached hydrogens (tertiary/aromatic N) is 1. The Bertz CT molecular complexity index is 362. The Morgan fingerprint density at radius 3 is 2.26 bits per heavy atom. The van der Waals surface area contributed by atoms with Gasteiger partial charge in [0.2, 0.25) is 0 Å². The molecule has 3 atom stereocenters. The fourth-order valence-electron chi connectivity index (χ4n) is 2.26. The number of aliphatic hydroxyl groups excluding tert-OH is 1. The van der Waals surface area contributed by atoms with Crippen molar-refractivity contribution in [2.75, 3.05) is 19.7 Å². The van der Waals surface area contributed by atoms with E-state index in [1.54, 1.807) is 0 Å². The van der Waals surface area contributed by atoms with Crippen LogP contribution in [0.4, 0.5) is 0 Å². The minimum Gasteiger partial charge on any atom is -0.396 e. The highest BCUT2D eigenvalue weighted by atomic mass is 32.2. The largest absolute Gasteiger partial charge is 0.396 e. The van der Waals surface area contributed by atoms with Crippen molar-refractivity contribution < 1.29 is 18.3 Å². The average molecular weight is 294 g/mol. The topological polar surface area (TPSA) is 78.9 Å². The van der Waals surface area contributed by atoms with E-state index in [0.717, 1.165) is 0 Å². The van der Waals surface area contributed by atoms with E-state index in [0.29, 0.717) is 19.5 Å². The predicted octanol–water partition coefficient (Wildman–Crippen LogP) is 0.337. The van der Waals surface area contributed by atoms with Crippen LogP contribution in [0.2, 0.25) is 0 Å². The van der Waals surface area contributed by atoms with Crippen LogP contribution in [0, 0.1) is 5.92 Å². The molecule has 0 radical (unpaired) electrons. The van der Waals surface area contributed by atoms with E-state index >= 15 is 0 Å². The molecule has 6 nitrogen and oxygen atoms in total. The van der Waals surface area contributed by atoms with Crippen molar-refractivity contribution in [2.24, 2.45) is 5.92 Å². The van der Waals surface area contributed by atoms with Gasteiger partial charge < -0.3 is 9.84 Å². The fourth-order valence-corrected chi connectivity index (χ4v) is 3.99. The van der Waals surface area contributed by atoms with Crippen LogP contribution in [0.5, 0.6) is 0 Å². The Labute approximate surface area is 116 Å². The molecule has 1 heterocycles. The first kappa shape index (κ1) is 16.8. The van der Waals surface area contributed by atoms with Crippen molar-refractivity contribution in [1.29, 1.82) is 0 Å². The zero-order valence-corrected chi connectivity index (χ0v) is 13.0. The van der Waals surface area contributed by atoms with E-state index in [4.69, 9.17) is 9.84 Å². The molecule has 0 aromatic carbocycles. The van der Waals surface area contributed by atoms with Gasteiger partial charge in [-0.25, -0.2) is 0 Å². The number of rotatable bonds is 6. The van der Waals surface area contributed by atoms with Gasteiger partial charge in [0.15, 0.2) is 0 Å². The Hall–Kier alpha value is -0.210. The summed E-state index contributed by atoms with van der Waals surface area (Å²) in [5, 5.41) is 9.01. The normalized spacial score (nSPS) is 27.7. The summed E-state index contributed by atoms with van der Waals surface area (Å²) in [7, 11) is -3.52. The molecule has 0 spiro atoms. The number of hydrogen-bond acceptors (Lipinski definition) is 4. The lowest BCUT2D eigenvalue weighted by Gasteiger charge is -2.35. The Kier molecular flexibility index (Phi) is 6.19. The molecule has 2 N–H and O–H groups in total. The van der Waals surface area contributed by atoms with Gasteiger partial charge in [0.25, 0.3) is 10.2 Å². The number of ether oxygens (including phenoxy) is 1. The SMILES string of the molecule is CC1CN(S(=O)(=O)NC(CCO)C(C)C)CC(C)O1. The van der Waals surface area contributed by atoms with Crippen molar-refractivity contribution >= 4 is 10.2 Å². The van der Waals surface area contributed by atoms with Crippen molar-refractivity contribution in [1.82, 2.24) is 9.03 Å². The molecule has 19 heavy (non-hydrogen) atoms. The molecule has 1 saturated heterocycles. The van der Waals surface area contributed by atoms with Crippen LogP contribution >= 0.6 is 0 Å². The van der Waals surface area contributed by atoms with Gasteiger partial charge in [0.1, 0.15) is 0 Å². The second-order valence-electron chi connectivity index (χ2n) is 5.56. The molecule has 0 bridgehead atoms. The molecule has 0 saturated carbocycles. The van der Waals surface area contributed by atoms with Gasteiger partial charge >= 0.3 is 0 Å². The van der Waals surface area contributed by atoms with Crippen LogP contribution in [-0.4, -0.2) is 55.8 Å². The van der Waals surface area contributed by atoms with Crippen molar-refractivity contribution in [3.05, 3.63) is 0 Å². The fraction of sp³-hybridized carbons (Fsp3) is 1.00. The molecule has 0 aliphatic carbocycles. The van der Waals surface area contributed by atoms with E-state index in [-0.39, 0.29) is 30.8 Å². The monoisotopic (exact) mass is 294 g/mol. The summed E-state index contributed by atoms with van der Waals surface area (Å²) in [6.45, 7) is 8.31. The first-order valence-electron chi connectivity index (χ1n) is 6.80. The number of morpholine rings is 1. The van der Waals surface area contributed by atoms with E-state index in [1.807, 2.05) is 27.7 Å². The molecule has 1 aliphatic heterocycles. The molecule has 0 aromatic heterocycles. The third kappa shape index (κ3) is 5.00. The molecular formula is C12H26N2O4S. The van der Waals surface area contributed by atoms with Gasteiger partial charge in [-0.2, -0.15) is 17.4 Å². The summed E-state index contributed by atoms with van der Waals surface area (Å²) < 4.78 is 34.3. The minimum absolute atomic E-state index is 0.0265. The van der Waals surface area contributed by atoms with Crippen LogP contribution < -0.4 is 4.72 Å². The van der Waals surface area contributed by atoms with E-state index in [2.05, 4.69) is 4.72 Å². The van der Waals surface area contributed by atoms with Crippen molar-refractivity contribution in [3.8, 4) is 0 Å². The van der Waals surface area contributed by atoms with E-state index in [9.17, 15) is 8.42 Å². The molecule has 114 valence electrons. The maximum Gasteiger partial charge on any atom is 0.279 e. The summed E-state index contributed by atoms with van der Waals surface area (Å²) in [5.74, 6) is 0.137. The number of aliphatic hydroxyl groups is 1. The standard InChI is InChI=1S/C12H26N2O4S/c1-9(2)12(5-6-15)13-19(16,17)14-7-10(3)18-11(4)8-14/h9-13,15H,5-8H2,1-4H3. The highest BCUT2D eigenvalue weighted by molar-refractivity contribution is 7.87. The maximum atomic E-state index is 12.3. The lowest BCUT2D eigenvalue weighted by atomic mass is 10.0. The van der Waals surface area contributed by atoms with Gasteiger partial charge in [-0.3, -0.25) is 0 Å². The smallest absolute Gasteiger partial charge is 0.279 e. The van der Waals surface area contributed by atoms with Gasteiger partial charge in [-0.1, -0.05) is 13.8 Å². The molecule has 1 aliphatic rings. The Balaban J connectivity index is 2.73. The summed E-state index contributed by atoms with van der Waals surface area (Å²) >= 11 is 0. The molecular weight excluding hydrogens is 268 g/mol. The zero-order chi connectivity index (χ0) is 14.6. The quantitative estimate of drug-likeness (QED) is 0.740. The summed E-state index contributed by atoms with van der Waals surface area (Å²) in [6.07, 6.45) is 0.220. The van der Waals surface area contributed by atoms with Gasteiger partial charge in [-0.15, -0.1) is 0 Å². The van der Waals surface area contributed by atoms with Crippen molar-refractivity contribution in [2.45, 2.75) is 52.4 Å². The van der Waals surface area contributed by atoms with E-state index in [1.165, 1.54) is 4.31 Å². The summed E-state index contributed by atoms with van der Waals surface area (Å²) in [5.41, 5.74) is 0. The summed E-state index contributed by atoms with van der Waals surface area (Å²) in [4.78, 5) is 0. The van der Waals surface area contributed by atoms with Crippen LogP contribution in [0.25, 0.3) is 0 Å². The van der Waals surface area contributed by atoms with Crippen LogP contribution in [-0.2, 0) is 14.9 Å². The zero-order valence-electron chi connectivity index (χ0n) is 12.2. The number of nitrogens with one attached hydrogen (secondary N) is 1. The molecule has 0 amide bonds.